The van der Waals surface area contributed by atoms with Crippen LogP contribution >= 0.6 is 0 Å². The quantitative estimate of drug-likeness (QED) is 0.739. The molecule has 0 saturated heterocycles. The maximum absolute atomic E-state index is 5.06. The fourth-order valence-corrected chi connectivity index (χ4v) is 1.46. The van der Waals surface area contributed by atoms with Gasteiger partial charge in [0.1, 0.15) is 12.4 Å². The third-order valence-corrected chi connectivity index (χ3v) is 2.48. The molecule has 2 heterocycles. The highest BCUT2D eigenvalue weighted by Gasteiger charge is 2.11. The molecule has 2 aromatic rings. The van der Waals surface area contributed by atoms with Gasteiger partial charge in [0.05, 0.1) is 11.4 Å². The molecule has 0 aromatic carbocycles. The first kappa shape index (κ1) is 10.0. The van der Waals surface area contributed by atoms with E-state index in [-0.39, 0.29) is 0 Å². The minimum Gasteiger partial charge on any atom is -0.377 e. The minimum absolute atomic E-state index is 0.479. The zero-order valence-corrected chi connectivity index (χ0v) is 9.40. The smallest absolute Gasteiger partial charge is 0.198 e. The highest BCUT2D eigenvalue weighted by atomic mass is 16.5. The third kappa shape index (κ3) is 1.59. The number of hydrogen-bond donors (Lipinski definition) is 0. The van der Waals surface area contributed by atoms with Gasteiger partial charge in [-0.3, -0.25) is 0 Å². The van der Waals surface area contributed by atoms with Crippen LogP contribution in [-0.4, -0.2) is 26.6 Å². The molecular weight excluding hydrogens is 192 g/mol. The van der Waals surface area contributed by atoms with Gasteiger partial charge in [0, 0.05) is 14.2 Å². The molecule has 2 aromatic heterocycles. The monoisotopic (exact) mass is 206 g/mol. The molecule has 0 spiro atoms. The van der Waals surface area contributed by atoms with Gasteiger partial charge in [-0.2, -0.15) is 0 Å². The summed E-state index contributed by atoms with van der Waals surface area (Å²) >= 11 is 0. The van der Waals surface area contributed by atoms with Crippen molar-refractivity contribution in [3.63, 3.8) is 0 Å². The van der Waals surface area contributed by atoms with E-state index in [9.17, 15) is 0 Å². The summed E-state index contributed by atoms with van der Waals surface area (Å²) in [7, 11) is 3.57. The standard InChI is InChI=1S/C10H14N4O/c1-6-7(2)12-10-9(11-6)13-8(5-15-4)14(10)3/h5H2,1-4H3. The normalized spacial score (nSPS) is 11.2. The lowest BCUT2D eigenvalue weighted by Crippen LogP contribution is -2.00. The van der Waals surface area contributed by atoms with E-state index in [2.05, 4.69) is 15.0 Å². The summed E-state index contributed by atoms with van der Waals surface area (Å²) in [5.74, 6) is 0.845. The van der Waals surface area contributed by atoms with E-state index < -0.39 is 0 Å². The van der Waals surface area contributed by atoms with Gasteiger partial charge in [0.15, 0.2) is 11.3 Å². The summed E-state index contributed by atoms with van der Waals surface area (Å²) in [6.45, 7) is 4.36. The number of methoxy groups -OCH3 is 1. The van der Waals surface area contributed by atoms with Crippen LogP contribution in [0.1, 0.15) is 17.2 Å². The van der Waals surface area contributed by atoms with E-state index in [1.165, 1.54) is 0 Å². The number of aryl methyl sites for hydroxylation is 3. The average molecular weight is 206 g/mol. The Morgan fingerprint density at radius 3 is 2.47 bits per heavy atom. The Balaban J connectivity index is 2.66. The molecule has 0 N–H and O–H groups in total. The second-order valence-electron chi connectivity index (χ2n) is 3.56. The van der Waals surface area contributed by atoms with E-state index in [0.29, 0.717) is 12.3 Å². The Hall–Kier alpha value is -1.49. The minimum atomic E-state index is 0.479. The van der Waals surface area contributed by atoms with E-state index in [1.54, 1.807) is 7.11 Å². The predicted octanol–water partition coefficient (Wildman–Crippen LogP) is 1.13. The van der Waals surface area contributed by atoms with Crippen molar-refractivity contribution in [2.45, 2.75) is 20.5 Å². The van der Waals surface area contributed by atoms with Crippen LogP contribution in [0, 0.1) is 13.8 Å². The van der Waals surface area contributed by atoms with Crippen molar-refractivity contribution in [2.75, 3.05) is 7.11 Å². The van der Waals surface area contributed by atoms with Crippen molar-refractivity contribution in [2.24, 2.45) is 7.05 Å². The van der Waals surface area contributed by atoms with Crippen molar-refractivity contribution < 1.29 is 4.74 Å². The lowest BCUT2D eigenvalue weighted by molar-refractivity contribution is 0.175. The maximum Gasteiger partial charge on any atom is 0.198 e. The molecule has 0 aliphatic carbocycles. The molecule has 5 nitrogen and oxygen atoms in total. The highest BCUT2D eigenvalue weighted by Crippen LogP contribution is 2.13. The molecule has 15 heavy (non-hydrogen) atoms. The van der Waals surface area contributed by atoms with Crippen molar-refractivity contribution in [3.8, 4) is 0 Å². The summed E-state index contributed by atoms with van der Waals surface area (Å²) in [5.41, 5.74) is 3.36. The Morgan fingerprint density at radius 2 is 1.80 bits per heavy atom. The largest absolute Gasteiger partial charge is 0.377 e. The lowest BCUT2D eigenvalue weighted by Gasteiger charge is -2.00. The van der Waals surface area contributed by atoms with Crippen LogP contribution in [0.3, 0.4) is 0 Å². The van der Waals surface area contributed by atoms with E-state index in [4.69, 9.17) is 4.74 Å². The topological polar surface area (TPSA) is 52.8 Å². The molecule has 80 valence electrons. The van der Waals surface area contributed by atoms with Crippen molar-refractivity contribution in [1.82, 2.24) is 19.5 Å². The fraction of sp³-hybridized carbons (Fsp3) is 0.500. The van der Waals surface area contributed by atoms with Crippen LogP contribution < -0.4 is 0 Å². The number of hydrogen-bond acceptors (Lipinski definition) is 4. The summed E-state index contributed by atoms with van der Waals surface area (Å²) in [6.07, 6.45) is 0. The van der Waals surface area contributed by atoms with Gasteiger partial charge >= 0.3 is 0 Å². The molecular formula is C10H14N4O. The molecule has 2 rings (SSSR count). The van der Waals surface area contributed by atoms with Gasteiger partial charge < -0.3 is 9.30 Å². The molecule has 0 fully saturated rings. The summed E-state index contributed by atoms with van der Waals surface area (Å²) in [6, 6.07) is 0. The summed E-state index contributed by atoms with van der Waals surface area (Å²) in [5, 5.41) is 0. The van der Waals surface area contributed by atoms with E-state index in [1.807, 2.05) is 25.5 Å². The predicted molar refractivity (Wildman–Crippen MR) is 56.5 cm³/mol. The number of fused-ring (bicyclic) bond motifs is 1. The first-order valence-electron chi connectivity index (χ1n) is 4.79. The molecule has 0 radical (unpaired) electrons. The van der Waals surface area contributed by atoms with Gasteiger partial charge in [-0.15, -0.1) is 0 Å². The molecule has 5 heteroatoms. The van der Waals surface area contributed by atoms with Gasteiger partial charge in [-0.25, -0.2) is 15.0 Å². The Labute approximate surface area is 88.1 Å². The van der Waals surface area contributed by atoms with Gasteiger partial charge in [-0.05, 0) is 13.8 Å². The molecule has 0 aliphatic rings. The number of rotatable bonds is 2. The van der Waals surface area contributed by atoms with E-state index in [0.717, 1.165) is 22.9 Å². The van der Waals surface area contributed by atoms with Gasteiger partial charge in [0.25, 0.3) is 0 Å². The van der Waals surface area contributed by atoms with Crippen molar-refractivity contribution >= 4 is 11.3 Å². The van der Waals surface area contributed by atoms with Crippen LogP contribution in [-0.2, 0) is 18.4 Å². The molecule has 0 aliphatic heterocycles. The van der Waals surface area contributed by atoms with E-state index >= 15 is 0 Å². The van der Waals surface area contributed by atoms with Crippen LogP contribution in [0.4, 0.5) is 0 Å². The highest BCUT2D eigenvalue weighted by molar-refractivity contribution is 5.66. The molecule has 0 unspecified atom stereocenters. The first-order valence-corrected chi connectivity index (χ1v) is 4.79. The molecule has 0 bridgehead atoms. The average Bonchev–Trinajstić information content (AvgIpc) is 2.47. The zero-order chi connectivity index (χ0) is 11.0. The zero-order valence-electron chi connectivity index (χ0n) is 9.40. The Bertz CT molecular complexity index is 504. The lowest BCUT2D eigenvalue weighted by atomic mass is 10.3. The number of imidazole rings is 1. The maximum atomic E-state index is 5.06. The van der Waals surface area contributed by atoms with Crippen LogP contribution in [0.15, 0.2) is 0 Å². The van der Waals surface area contributed by atoms with Crippen LogP contribution in [0.2, 0.25) is 0 Å². The third-order valence-electron chi connectivity index (χ3n) is 2.48. The van der Waals surface area contributed by atoms with Crippen LogP contribution in [0.5, 0.6) is 0 Å². The first-order chi connectivity index (χ1) is 7.13. The fourth-order valence-electron chi connectivity index (χ4n) is 1.46. The summed E-state index contributed by atoms with van der Waals surface area (Å²) in [4.78, 5) is 13.2. The number of nitrogens with zero attached hydrogens (tertiary/aromatic N) is 4. The number of ether oxygens (including phenoxy) is 1. The Kier molecular flexibility index (Phi) is 2.40. The number of aromatic nitrogens is 4. The SMILES string of the molecule is COCc1nc2nc(C)c(C)nc2n1C. The second kappa shape index (κ2) is 3.58. The van der Waals surface area contributed by atoms with Crippen LogP contribution in [0.25, 0.3) is 11.3 Å². The molecule has 0 amide bonds. The molecule has 0 saturated carbocycles. The summed E-state index contributed by atoms with van der Waals surface area (Å²) < 4.78 is 6.97. The van der Waals surface area contributed by atoms with Gasteiger partial charge in [-0.1, -0.05) is 0 Å². The van der Waals surface area contributed by atoms with Gasteiger partial charge in [0.2, 0.25) is 0 Å². The second-order valence-corrected chi connectivity index (χ2v) is 3.56. The molecule has 0 atom stereocenters. The van der Waals surface area contributed by atoms with Crippen molar-refractivity contribution in [1.29, 1.82) is 0 Å². The Morgan fingerprint density at radius 1 is 1.13 bits per heavy atom. The van der Waals surface area contributed by atoms with Crippen molar-refractivity contribution in [3.05, 3.63) is 17.2 Å².